The van der Waals surface area contributed by atoms with Crippen LogP contribution in [0.1, 0.15) is 57.9 Å². The lowest BCUT2D eigenvalue weighted by atomic mass is 9.87. The number of carbonyl (C=O) groups is 2. The Labute approximate surface area is 150 Å². The van der Waals surface area contributed by atoms with Crippen molar-refractivity contribution < 1.29 is 14.7 Å². The van der Waals surface area contributed by atoms with Crippen LogP contribution in [0.25, 0.3) is 0 Å². The molecular formula is C20H30N2O3. The first kappa shape index (κ1) is 19.4. The number of aliphatic hydroxyl groups excluding tert-OH is 1. The maximum absolute atomic E-state index is 12.1. The summed E-state index contributed by atoms with van der Waals surface area (Å²) in [6.07, 6.45) is 6.93. The predicted molar refractivity (Wildman–Crippen MR) is 99.3 cm³/mol. The van der Waals surface area contributed by atoms with Crippen LogP contribution in [0.2, 0.25) is 0 Å². The number of aliphatic hydroxyl groups is 1. The molecule has 2 rings (SSSR count). The van der Waals surface area contributed by atoms with Gasteiger partial charge >= 0.3 is 0 Å². The lowest BCUT2D eigenvalue weighted by Crippen LogP contribution is -2.46. The summed E-state index contributed by atoms with van der Waals surface area (Å²) in [5.74, 6) is 0.460. The Morgan fingerprint density at radius 2 is 1.72 bits per heavy atom. The molecule has 1 aliphatic rings. The number of hydrogen-bond acceptors (Lipinski definition) is 3. The SMILES string of the molecule is CC(C)(CO)NC(=O)Cc1ccc(NC(=O)CC2CCCCC2)cc1. The van der Waals surface area contributed by atoms with E-state index in [1.54, 1.807) is 13.8 Å². The first-order chi connectivity index (χ1) is 11.9. The minimum absolute atomic E-state index is 0.0714. The molecule has 2 amide bonds. The van der Waals surface area contributed by atoms with E-state index >= 15 is 0 Å². The maximum atomic E-state index is 12.1. The van der Waals surface area contributed by atoms with Gasteiger partial charge in [-0.15, -0.1) is 0 Å². The van der Waals surface area contributed by atoms with Crippen molar-refractivity contribution in [3.63, 3.8) is 0 Å². The highest BCUT2D eigenvalue weighted by molar-refractivity contribution is 5.91. The molecule has 1 aromatic rings. The Hall–Kier alpha value is -1.88. The predicted octanol–water partition coefficient (Wildman–Crippen LogP) is 3.03. The second-order valence-corrected chi connectivity index (χ2v) is 7.72. The largest absolute Gasteiger partial charge is 0.394 e. The van der Waals surface area contributed by atoms with Crippen molar-refractivity contribution in [1.29, 1.82) is 0 Å². The zero-order valence-corrected chi connectivity index (χ0v) is 15.3. The second kappa shape index (κ2) is 8.99. The summed E-state index contributed by atoms with van der Waals surface area (Å²) in [6, 6.07) is 7.36. The van der Waals surface area contributed by atoms with Gasteiger partial charge in [-0.3, -0.25) is 9.59 Å². The number of carbonyl (C=O) groups excluding carboxylic acids is 2. The molecule has 1 fully saturated rings. The number of hydrogen-bond donors (Lipinski definition) is 3. The Bertz CT molecular complexity index is 575. The third-order valence-corrected chi connectivity index (χ3v) is 4.67. The van der Waals surface area contributed by atoms with Crippen molar-refractivity contribution in [3.05, 3.63) is 29.8 Å². The lowest BCUT2D eigenvalue weighted by molar-refractivity contribution is -0.122. The van der Waals surface area contributed by atoms with Gasteiger partial charge in [-0.1, -0.05) is 31.4 Å². The molecular weight excluding hydrogens is 316 g/mol. The summed E-state index contributed by atoms with van der Waals surface area (Å²) in [7, 11) is 0. The molecule has 25 heavy (non-hydrogen) atoms. The Kier molecular flexibility index (Phi) is 7.00. The van der Waals surface area contributed by atoms with Gasteiger partial charge in [0.15, 0.2) is 0 Å². The molecule has 0 aromatic heterocycles. The van der Waals surface area contributed by atoms with Gasteiger partial charge in [0.05, 0.1) is 18.6 Å². The van der Waals surface area contributed by atoms with E-state index in [9.17, 15) is 14.7 Å². The average molecular weight is 346 g/mol. The Morgan fingerprint density at radius 3 is 2.32 bits per heavy atom. The van der Waals surface area contributed by atoms with Gasteiger partial charge < -0.3 is 15.7 Å². The molecule has 3 N–H and O–H groups in total. The molecule has 138 valence electrons. The fraction of sp³-hybridized carbons (Fsp3) is 0.600. The van der Waals surface area contributed by atoms with Crippen molar-refractivity contribution >= 4 is 17.5 Å². The summed E-state index contributed by atoms with van der Waals surface area (Å²) in [6.45, 7) is 3.44. The molecule has 0 spiro atoms. The standard InChI is InChI=1S/C20H30N2O3/c1-20(2,14-23)22-19(25)13-16-8-10-17(11-9-16)21-18(24)12-15-6-4-3-5-7-15/h8-11,15,23H,3-7,12-14H2,1-2H3,(H,21,24)(H,22,25). The van der Waals surface area contributed by atoms with Crippen LogP contribution in [0.3, 0.4) is 0 Å². The van der Waals surface area contributed by atoms with Gasteiger partial charge in [-0.2, -0.15) is 0 Å². The Morgan fingerprint density at radius 1 is 1.08 bits per heavy atom. The highest BCUT2D eigenvalue weighted by Crippen LogP contribution is 2.26. The summed E-state index contributed by atoms with van der Waals surface area (Å²) in [5.41, 5.74) is 1.02. The highest BCUT2D eigenvalue weighted by Gasteiger charge is 2.19. The van der Waals surface area contributed by atoms with E-state index in [0.29, 0.717) is 12.3 Å². The Balaban J connectivity index is 1.80. The zero-order valence-electron chi connectivity index (χ0n) is 15.3. The van der Waals surface area contributed by atoms with Gasteiger partial charge in [0.2, 0.25) is 11.8 Å². The minimum Gasteiger partial charge on any atom is -0.394 e. The quantitative estimate of drug-likeness (QED) is 0.710. The average Bonchev–Trinajstić information content (AvgIpc) is 2.57. The van der Waals surface area contributed by atoms with Crippen LogP contribution >= 0.6 is 0 Å². The first-order valence-corrected chi connectivity index (χ1v) is 9.18. The first-order valence-electron chi connectivity index (χ1n) is 9.18. The van der Waals surface area contributed by atoms with Crippen LogP contribution in [0.5, 0.6) is 0 Å². The normalized spacial score (nSPS) is 15.6. The van der Waals surface area contributed by atoms with Gasteiger partial charge in [-0.05, 0) is 50.3 Å². The van der Waals surface area contributed by atoms with E-state index in [4.69, 9.17) is 0 Å². The molecule has 5 nitrogen and oxygen atoms in total. The monoisotopic (exact) mass is 346 g/mol. The molecule has 0 radical (unpaired) electrons. The smallest absolute Gasteiger partial charge is 0.224 e. The van der Waals surface area contributed by atoms with Crippen LogP contribution in [0, 0.1) is 5.92 Å². The van der Waals surface area contributed by atoms with E-state index in [-0.39, 0.29) is 24.8 Å². The molecule has 0 saturated heterocycles. The molecule has 0 atom stereocenters. The number of nitrogens with one attached hydrogen (secondary N) is 2. The number of rotatable bonds is 7. The maximum Gasteiger partial charge on any atom is 0.224 e. The lowest BCUT2D eigenvalue weighted by Gasteiger charge is -2.23. The van der Waals surface area contributed by atoms with E-state index in [1.165, 1.54) is 19.3 Å². The molecule has 0 heterocycles. The van der Waals surface area contributed by atoms with E-state index < -0.39 is 5.54 Å². The molecule has 5 heteroatoms. The molecule has 0 unspecified atom stereocenters. The molecule has 0 bridgehead atoms. The molecule has 1 saturated carbocycles. The third-order valence-electron chi connectivity index (χ3n) is 4.67. The minimum atomic E-state index is -0.621. The van der Waals surface area contributed by atoms with Crippen molar-refractivity contribution in [3.8, 4) is 0 Å². The zero-order chi connectivity index (χ0) is 18.3. The van der Waals surface area contributed by atoms with E-state index in [1.807, 2.05) is 24.3 Å². The van der Waals surface area contributed by atoms with E-state index in [0.717, 1.165) is 24.1 Å². The summed E-state index contributed by atoms with van der Waals surface area (Å²) < 4.78 is 0. The van der Waals surface area contributed by atoms with Crippen molar-refractivity contribution in [2.75, 3.05) is 11.9 Å². The van der Waals surface area contributed by atoms with Gasteiger partial charge in [0.1, 0.15) is 0 Å². The number of anilines is 1. The molecule has 0 aliphatic heterocycles. The molecule has 1 aliphatic carbocycles. The van der Waals surface area contributed by atoms with Crippen molar-refractivity contribution in [1.82, 2.24) is 5.32 Å². The van der Waals surface area contributed by atoms with Gasteiger partial charge in [-0.25, -0.2) is 0 Å². The van der Waals surface area contributed by atoms with Crippen molar-refractivity contribution in [2.45, 2.75) is 64.3 Å². The summed E-state index contributed by atoms with van der Waals surface area (Å²) >= 11 is 0. The summed E-state index contributed by atoms with van der Waals surface area (Å²) in [5, 5.41) is 14.9. The molecule has 1 aromatic carbocycles. The fourth-order valence-corrected chi connectivity index (χ4v) is 3.22. The van der Waals surface area contributed by atoms with Gasteiger partial charge in [0.25, 0.3) is 0 Å². The topological polar surface area (TPSA) is 78.4 Å². The van der Waals surface area contributed by atoms with E-state index in [2.05, 4.69) is 10.6 Å². The number of benzene rings is 1. The fourth-order valence-electron chi connectivity index (χ4n) is 3.22. The third kappa shape index (κ3) is 6.86. The van der Waals surface area contributed by atoms with Crippen LogP contribution in [-0.2, 0) is 16.0 Å². The highest BCUT2D eigenvalue weighted by atomic mass is 16.3. The number of amides is 2. The van der Waals surface area contributed by atoms with Crippen LogP contribution < -0.4 is 10.6 Å². The van der Waals surface area contributed by atoms with Crippen LogP contribution in [0.4, 0.5) is 5.69 Å². The van der Waals surface area contributed by atoms with Crippen LogP contribution in [-0.4, -0.2) is 29.1 Å². The van der Waals surface area contributed by atoms with Crippen LogP contribution in [0.15, 0.2) is 24.3 Å². The second-order valence-electron chi connectivity index (χ2n) is 7.72. The van der Waals surface area contributed by atoms with Gasteiger partial charge in [0, 0.05) is 12.1 Å². The van der Waals surface area contributed by atoms with Crippen molar-refractivity contribution in [2.24, 2.45) is 5.92 Å². The summed E-state index contributed by atoms with van der Waals surface area (Å²) in [4.78, 5) is 24.1.